The summed E-state index contributed by atoms with van der Waals surface area (Å²) in [5.41, 5.74) is 1.11. The lowest BCUT2D eigenvalue weighted by Crippen LogP contribution is -2.38. The van der Waals surface area contributed by atoms with Crippen molar-refractivity contribution in [3.63, 3.8) is 0 Å². The number of aryl methyl sites for hydroxylation is 1. The first-order valence-corrected chi connectivity index (χ1v) is 10.3. The average molecular weight is 420 g/mol. The van der Waals surface area contributed by atoms with Crippen LogP contribution < -0.4 is 11.2 Å². The quantitative estimate of drug-likeness (QED) is 0.449. The molecule has 2 aromatic heterocycles. The Morgan fingerprint density at radius 1 is 0.967 bits per heavy atom. The summed E-state index contributed by atoms with van der Waals surface area (Å²) < 4.78 is 7.97. The van der Waals surface area contributed by atoms with Gasteiger partial charge >= 0.3 is 11.7 Å². The fraction of sp³-hybridized carbons (Fsp3) is 0.174. The molecule has 6 nitrogen and oxygen atoms in total. The summed E-state index contributed by atoms with van der Waals surface area (Å²) in [6.45, 7) is 0.420. The molecule has 0 fully saturated rings. The summed E-state index contributed by atoms with van der Waals surface area (Å²) in [5, 5.41) is 0.341. The third-order valence-electron chi connectivity index (χ3n) is 4.86. The largest absolute Gasteiger partial charge is 0.461 e. The van der Waals surface area contributed by atoms with E-state index in [1.165, 1.54) is 15.2 Å². The van der Waals surface area contributed by atoms with Crippen LogP contribution in [0.25, 0.3) is 10.2 Å². The van der Waals surface area contributed by atoms with Gasteiger partial charge in [-0.05, 0) is 17.2 Å². The molecule has 0 aliphatic heterocycles. The molecule has 0 unspecified atom stereocenters. The van der Waals surface area contributed by atoms with E-state index in [0.29, 0.717) is 21.5 Å². The van der Waals surface area contributed by atoms with Crippen molar-refractivity contribution in [1.82, 2.24) is 9.13 Å². The van der Waals surface area contributed by atoms with Gasteiger partial charge < -0.3 is 4.74 Å². The van der Waals surface area contributed by atoms with Crippen molar-refractivity contribution in [2.24, 2.45) is 7.05 Å². The molecule has 0 bridgehead atoms. The van der Waals surface area contributed by atoms with Crippen molar-refractivity contribution in [1.29, 1.82) is 0 Å². The number of hydrogen-bond donors (Lipinski definition) is 0. The molecule has 0 amide bonds. The highest BCUT2D eigenvalue weighted by molar-refractivity contribution is 7.20. The number of benzene rings is 2. The van der Waals surface area contributed by atoms with Crippen LogP contribution in [0.15, 0.2) is 76.3 Å². The molecule has 0 saturated heterocycles. The normalized spacial score (nSPS) is 11.0. The highest BCUT2D eigenvalue weighted by Crippen LogP contribution is 2.22. The van der Waals surface area contributed by atoms with Gasteiger partial charge in [-0.2, -0.15) is 0 Å². The van der Waals surface area contributed by atoms with Crippen molar-refractivity contribution in [3.05, 3.63) is 104 Å². The number of esters is 1. The zero-order valence-electron chi connectivity index (χ0n) is 16.4. The number of carbonyl (C=O) groups excluding carboxylic acids is 1. The monoisotopic (exact) mass is 420 g/mol. The van der Waals surface area contributed by atoms with Crippen LogP contribution in [-0.4, -0.2) is 21.7 Å². The van der Waals surface area contributed by atoms with Gasteiger partial charge in [-0.15, -0.1) is 11.3 Å². The number of carbonyl (C=O) groups is 1. The van der Waals surface area contributed by atoms with Crippen molar-refractivity contribution in [2.45, 2.75) is 13.0 Å². The molecule has 4 rings (SSSR count). The summed E-state index contributed by atoms with van der Waals surface area (Å²) in [7, 11) is 1.60. The Kier molecular flexibility index (Phi) is 5.63. The SMILES string of the molecule is Cn1c(=O)n(Cc2ccccc2)c(=O)c2cc(C(=O)OCCc3ccccc3)sc21. The van der Waals surface area contributed by atoms with E-state index in [4.69, 9.17) is 4.74 Å². The van der Waals surface area contributed by atoms with E-state index in [1.807, 2.05) is 60.7 Å². The zero-order valence-corrected chi connectivity index (χ0v) is 17.2. The third-order valence-corrected chi connectivity index (χ3v) is 6.05. The molecule has 0 N–H and O–H groups in total. The van der Waals surface area contributed by atoms with Crippen molar-refractivity contribution in [3.8, 4) is 0 Å². The van der Waals surface area contributed by atoms with Crippen LogP contribution in [0.1, 0.15) is 20.8 Å². The summed E-state index contributed by atoms with van der Waals surface area (Å²) in [5.74, 6) is -0.492. The van der Waals surface area contributed by atoms with E-state index in [-0.39, 0.29) is 13.2 Å². The predicted octanol–water partition coefficient (Wildman–Crippen LogP) is 3.21. The van der Waals surface area contributed by atoms with Crippen LogP contribution in [0, 0.1) is 0 Å². The summed E-state index contributed by atoms with van der Waals surface area (Å²) in [4.78, 5) is 38.9. The standard InChI is InChI=1S/C23H20N2O4S/c1-24-21-18(20(26)25(23(24)28)15-17-10-6-3-7-11-17)14-19(30-21)22(27)29-13-12-16-8-4-2-5-9-16/h2-11,14H,12-13,15H2,1H3. The highest BCUT2D eigenvalue weighted by Gasteiger charge is 2.18. The molecule has 2 heterocycles. The minimum absolute atomic E-state index is 0.176. The maximum atomic E-state index is 12.9. The summed E-state index contributed by atoms with van der Waals surface area (Å²) >= 11 is 1.10. The lowest BCUT2D eigenvalue weighted by atomic mass is 10.2. The van der Waals surface area contributed by atoms with Crippen molar-refractivity contribution < 1.29 is 9.53 Å². The maximum Gasteiger partial charge on any atom is 0.348 e. The van der Waals surface area contributed by atoms with Crippen LogP contribution in [0.5, 0.6) is 0 Å². The molecule has 30 heavy (non-hydrogen) atoms. The summed E-state index contributed by atoms with van der Waals surface area (Å²) in [6.07, 6.45) is 0.611. The number of fused-ring (bicyclic) bond motifs is 1. The van der Waals surface area contributed by atoms with E-state index in [1.54, 1.807) is 7.05 Å². The molecule has 0 aliphatic rings. The second kappa shape index (κ2) is 8.51. The smallest absolute Gasteiger partial charge is 0.348 e. The second-order valence-electron chi connectivity index (χ2n) is 6.92. The number of rotatable bonds is 6. The lowest BCUT2D eigenvalue weighted by molar-refractivity contribution is 0.0515. The summed E-state index contributed by atoms with van der Waals surface area (Å²) in [6, 6.07) is 20.6. The minimum Gasteiger partial charge on any atom is -0.461 e. The second-order valence-corrected chi connectivity index (χ2v) is 7.95. The third kappa shape index (κ3) is 3.97. The van der Waals surface area contributed by atoms with Crippen molar-refractivity contribution in [2.75, 3.05) is 6.61 Å². The predicted molar refractivity (Wildman–Crippen MR) is 117 cm³/mol. The van der Waals surface area contributed by atoms with Gasteiger partial charge in [0.1, 0.15) is 9.71 Å². The molecule has 0 aliphatic carbocycles. The topological polar surface area (TPSA) is 70.3 Å². The molecule has 2 aromatic carbocycles. The van der Waals surface area contributed by atoms with Gasteiger partial charge in [0.05, 0.1) is 18.5 Å². The first-order valence-electron chi connectivity index (χ1n) is 9.53. The van der Waals surface area contributed by atoms with Gasteiger partial charge in [-0.25, -0.2) is 9.59 Å². The van der Waals surface area contributed by atoms with E-state index < -0.39 is 17.2 Å². The molecule has 4 aromatic rings. The number of thiophene rings is 1. The molecule has 0 saturated carbocycles. The zero-order chi connectivity index (χ0) is 21.1. The Hall–Kier alpha value is -3.45. The van der Waals surface area contributed by atoms with Crippen LogP contribution >= 0.6 is 11.3 Å². The molecular formula is C23H20N2O4S. The number of hydrogen-bond acceptors (Lipinski definition) is 5. The Labute approximate surface area is 176 Å². The molecular weight excluding hydrogens is 400 g/mol. The van der Waals surface area contributed by atoms with Crippen LogP contribution in [0.2, 0.25) is 0 Å². The van der Waals surface area contributed by atoms with Crippen molar-refractivity contribution >= 4 is 27.5 Å². The lowest BCUT2D eigenvalue weighted by Gasteiger charge is -2.08. The Bertz CT molecular complexity index is 1300. The molecule has 0 radical (unpaired) electrons. The molecule has 152 valence electrons. The maximum absolute atomic E-state index is 12.9. The fourth-order valence-corrected chi connectivity index (χ4v) is 4.27. The van der Waals surface area contributed by atoms with Crippen LogP contribution in [0.4, 0.5) is 0 Å². The minimum atomic E-state index is -0.492. The van der Waals surface area contributed by atoms with Crippen LogP contribution in [0.3, 0.4) is 0 Å². The van der Waals surface area contributed by atoms with E-state index >= 15 is 0 Å². The van der Waals surface area contributed by atoms with Gasteiger partial charge in [0.15, 0.2) is 0 Å². The number of ether oxygens (including phenoxy) is 1. The van der Waals surface area contributed by atoms with Crippen LogP contribution in [-0.2, 0) is 24.8 Å². The highest BCUT2D eigenvalue weighted by atomic mass is 32.1. The van der Waals surface area contributed by atoms with Gasteiger partial charge in [-0.3, -0.25) is 13.9 Å². The molecule has 0 spiro atoms. The van der Waals surface area contributed by atoms with E-state index in [9.17, 15) is 14.4 Å². The van der Waals surface area contributed by atoms with Gasteiger partial charge in [0.25, 0.3) is 5.56 Å². The van der Waals surface area contributed by atoms with Gasteiger partial charge in [0, 0.05) is 13.5 Å². The first-order chi connectivity index (χ1) is 14.5. The first kappa shape index (κ1) is 19.8. The number of nitrogens with zero attached hydrogens (tertiary/aromatic N) is 2. The van der Waals surface area contributed by atoms with Gasteiger partial charge in [0.2, 0.25) is 0 Å². The Morgan fingerprint density at radius 3 is 2.27 bits per heavy atom. The fourth-order valence-electron chi connectivity index (χ4n) is 3.27. The van der Waals surface area contributed by atoms with Gasteiger partial charge in [-0.1, -0.05) is 60.7 Å². The Balaban J connectivity index is 1.59. The van der Waals surface area contributed by atoms with E-state index in [2.05, 4.69) is 0 Å². The van der Waals surface area contributed by atoms with E-state index in [0.717, 1.165) is 22.5 Å². The molecule has 7 heteroatoms. The Morgan fingerprint density at radius 2 is 1.60 bits per heavy atom. The average Bonchev–Trinajstić information content (AvgIpc) is 3.23. The number of aromatic nitrogens is 2. The molecule has 0 atom stereocenters.